The van der Waals surface area contributed by atoms with Crippen molar-refractivity contribution in [2.24, 2.45) is 17.8 Å². The number of methoxy groups -OCH3 is 1. The number of hydrogen-bond acceptors (Lipinski definition) is 4. The highest BCUT2D eigenvalue weighted by atomic mass is 16.5. The van der Waals surface area contributed by atoms with Crippen LogP contribution in [0.5, 0.6) is 0 Å². The van der Waals surface area contributed by atoms with Crippen molar-refractivity contribution < 1.29 is 24.2 Å². The number of carboxylic acid groups (broad SMARTS) is 1. The van der Waals surface area contributed by atoms with Gasteiger partial charge in [0, 0.05) is 26.1 Å². The first kappa shape index (κ1) is 15.6. The molecule has 118 valence electrons. The molecule has 0 radical (unpaired) electrons. The Morgan fingerprint density at radius 1 is 1.29 bits per heavy atom. The standard InChI is InChI=1S/C14H22N2O5/c1-21-13(19)11-8-16(7-10(11)9-4-5-9)14(20)15-6-2-3-12(17)18/h9-11H,2-8H2,1H3,(H,15,20)(H,17,18)/t10-,11+/m1/s1. The molecule has 1 aliphatic carbocycles. The summed E-state index contributed by atoms with van der Waals surface area (Å²) in [5.74, 6) is -0.619. The van der Waals surface area contributed by atoms with Crippen molar-refractivity contribution in [3.63, 3.8) is 0 Å². The number of esters is 1. The molecule has 1 heterocycles. The number of amides is 2. The first-order chi connectivity index (χ1) is 10.0. The number of hydrogen-bond donors (Lipinski definition) is 2. The van der Waals surface area contributed by atoms with Crippen molar-refractivity contribution >= 4 is 18.0 Å². The van der Waals surface area contributed by atoms with E-state index in [1.54, 1.807) is 4.90 Å². The number of rotatable bonds is 6. The lowest BCUT2D eigenvalue weighted by Crippen LogP contribution is -2.39. The van der Waals surface area contributed by atoms with Gasteiger partial charge in [-0.3, -0.25) is 9.59 Å². The van der Waals surface area contributed by atoms with Gasteiger partial charge in [0.1, 0.15) is 0 Å². The zero-order valence-electron chi connectivity index (χ0n) is 12.2. The number of urea groups is 1. The van der Waals surface area contributed by atoms with Gasteiger partial charge >= 0.3 is 18.0 Å². The zero-order valence-corrected chi connectivity index (χ0v) is 12.2. The Labute approximate surface area is 123 Å². The van der Waals surface area contributed by atoms with Crippen LogP contribution in [0.15, 0.2) is 0 Å². The van der Waals surface area contributed by atoms with Gasteiger partial charge in [-0.25, -0.2) is 4.79 Å². The first-order valence-electron chi connectivity index (χ1n) is 7.35. The van der Waals surface area contributed by atoms with E-state index in [4.69, 9.17) is 9.84 Å². The van der Waals surface area contributed by atoms with Crippen LogP contribution in [0, 0.1) is 17.8 Å². The second-order valence-corrected chi connectivity index (χ2v) is 5.77. The molecule has 1 aliphatic heterocycles. The maximum absolute atomic E-state index is 12.1. The number of carbonyl (C=O) groups is 3. The van der Waals surface area contributed by atoms with E-state index in [0.717, 1.165) is 12.8 Å². The van der Waals surface area contributed by atoms with Gasteiger partial charge < -0.3 is 20.1 Å². The fourth-order valence-corrected chi connectivity index (χ4v) is 2.94. The van der Waals surface area contributed by atoms with Crippen LogP contribution in [0.3, 0.4) is 0 Å². The Kier molecular flexibility index (Phi) is 5.03. The molecule has 0 spiro atoms. The second-order valence-electron chi connectivity index (χ2n) is 5.77. The number of nitrogens with zero attached hydrogens (tertiary/aromatic N) is 1. The lowest BCUT2D eigenvalue weighted by atomic mass is 9.92. The van der Waals surface area contributed by atoms with Crippen LogP contribution in [0.4, 0.5) is 4.79 Å². The molecular weight excluding hydrogens is 276 g/mol. The molecule has 7 heteroatoms. The SMILES string of the molecule is COC(=O)[C@H]1CN(C(=O)NCCCC(=O)O)C[C@@H]1C1CC1. The summed E-state index contributed by atoms with van der Waals surface area (Å²) >= 11 is 0. The fraction of sp³-hybridized carbons (Fsp3) is 0.786. The Bertz CT molecular complexity index is 422. The summed E-state index contributed by atoms with van der Waals surface area (Å²) in [4.78, 5) is 35.9. The van der Waals surface area contributed by atoms with Crippen LogP contribution < -0.4 is 5.32 Å². The highest BCUT2D eigenvalue weighted by Gasteiger charge is 2.47. The minimum absolute atomic E-state index is 0.0375. The molecule has 0 aromatic heterocycles. The van der Waals surface area contributed by atoms with Gasteiger partial charge in [0.25, 0.3) is 0 Å². The minimum atomic E-state index is -0.870. The summed E-state index contributed by atoms with van der Waals surface area (Å²) < 4.78 is 4.83. The van der Waals surface area contributed by atoms with E-state index in [2.05, 4.69) is 5.32 Å². The van der Waals surface area contributed by atoms with E-state index < -0.39 is 5.97 Å². The van der Waals surface area contributed by atoms with E-state index in [1.165, 1.54) is 7.11 Å². The summed E-state index contributed by atoms with van der Waals surface area (Å²) in [6.07, 6.45) is 2.68. The number of ether oxygens (including phenoxy) is 1. The van der Waals surface area contributed by atoms with E-state index >= 15 is 0 Å². The third-order valence-electron chi connectivity index (χ3n) is 4.23. The molecule has 0 aromatic rings. The van der Waals surface area contributed by atoms with Gasteiger partial charge in [0.2, 0.25) is 0 Å². The maximum atomic E-state index is 12.1. The molecule has 0 aromatic carbocycles. The Hall–Kier alpha value is -1.79. The van der Waals surface area contributed by atoms with Crippen molar-refractivity contribution in [3.8, 4) is 0 Å². The minimum Gasteiger partial charge on any atom is -0.481 e. The number of aliphatic carboxylic acids is 1. The van der Waals surface area contributed by atoms with Gasteiger partial charge in [-0.05, 0) is 31.1 Å². The molecule has 1 saturated carbocycles. The molecule has 7 nitrogen and oxygen atoms in total. The third-order valence-corrected chi connectivity index (χ3v) is 4.23. The third kappa shape index (κ3) is 4.09. The Balaban J connectivity index is 1.82. The van der Waals surface area contributed by atoms with Gasteiger partial charge in [0.05, 0.1) is 13.0 Å². The predicted octanol–water partition coefficient (Wildman–Crippen LogP) is 0.692. The quantitative estimate of drug-likeness (QED) is 0.555. The maximum Gasteiger partial charge on any atom is 0.317 e. The number of carbonyl (C=O) groups excluding carboxylic acids is 2. The van der Waals surface area contributed by atoms with Crippen molar-refractivity contribution in [2.75, 3.05) is 26.7 Å². The molecule has 2 aliphatic rings. The van der Waals surface area contributed by atoms with Crippen molar-refractivity contribution in [1.29, 1.82) is 0 Å². The van der Waals surface area contributed by atoms with Crippen molar-refractivity contribution in [3.05, 3.63) is 0 Å². The molecule has 2 fully saturated rings. The average Bonchev–Trinajstić information content (AvgIpc) is 3.21. The fourth-order valence-electron chi connectivity index (χ4n) is 2.94. The summed E-state index contributed by atoms with van der Waals surface area (Å²) in [7, 11) is 1.38. The summed E-state index contributed by atoms with van der Waals surface area (Å²) in [6.45, 7) is 1.30. The van der Waals surface area contributed by atoms with Gasteiger partial charge in [-0.1, -0.05) is 0 Å². The number of carboxylic acids is 1. The average molecular weight is 298 g/mol. The van der Waals surface area contributed by atoms with Crippen molar-refractivity contribution in [2.45, 2.75) is 25.7 Å². The monoisotopic (exact) mass is 298 g/mol. The molecule has 2 N–H and O–H groups in total. The van der Waals surface area contributed by atoms with Gasteiger partial charge in [-0.15, -0.1) is 0 Å². The van der Waals surface area contributed by atoms with Crippen molar-refractivity contribution in [1.82, 2.24) is 10.2 Å². The molecule has 0 bridgehead atoms. The molecule has 2 amide bonds. The molecule has 1 saturated heterocycles. The van der Waals surface area contributed by atoms with E-state index in [-0.39, 0.29) is 30.3 Å². The zero-order chi connectivity index (χ0) is 15.4. The largest absolute Gasteiger partial charge is 0.481 e. The Morgan fingerprint density at radius 2 is 2.00 bits per heavy atom. The van der Waals surface area contributed by atoms with Crippen LogP contribution in [-0.4, -0.2) is 54.7 Å². The lowest BCUT2D eigenvalue weighted by Gasteiger charge is -2.17. The van der Waals surface area contributed by atoms with E-state index in [0.29, 0.717) is 32.0 Å². The molecular formula is C14H22N2O5. The highest BCUT2D eigenvalue weighted by Crippen LogP contribution is 2.44. The highest BCUT2D eigenvalue weighted by molar-refractivity contribution is 5.78. The van der Waals surface area contributed by atoms with Gasteiger partial charge in [0.15, 0.2) is 0 Å². The molecule has 21 heavy (non-hydrogen) atoms. The summed E-state index contributed by atoms with van der Waals surface area (Å²) in [5.41, 5.74) is 0. The van der Waals surface area contributed by atoms with Crippen LogP contribution in [0.2, 0.25) is 0 Å². The van der Waals surface area contributed by atoms with Crippen LogP contribution in [0.25, 0.3) is 0 Å². The first-order valence-corrected chi connectivity index (χ1v) is 7.35. The van der Waals surface area contributed by atoms with Crippen LogP contribution >= 0.6 is 0 Å². The summed E-state index contributed by atoms with van der Waals surface area (Å²) in [6, 6.07) is -0.225. The van der Waals surface area contributed by atoms with Crippen LogP contribution in [-0.2, 0) is 14.3 Å². The van der Waals surface area contributed by atoms with E-state index in [9.17, 15) is 14.4 Å². The number of nitrogens with one attached hydrogen (secondary N) is 1. The smallest absolute Gasteiger partial charge is 0.317 e. The Morgan fingerprint density at radius 3 is 2.57 bits per heavy atom. The predicted molar refractivity (Wildman–Crippen MR) is 73.6 cm³/mol. The van der Waals surface area contributed by atoms with Crippen LogP contribution in [0.1, 0.15) is 25.7 Å². The molecule has 2 rings (SSSR count). The molecule has 0 unspecified atom stereocenters. The topological polar surface area (TPSA) is 95.9 Å². The number of likely N-dealkylation sites (tertiary alicyclic amines) is 1. The normalized spacial score (nSPS) is 24.7. The summed E-state index contributed by atoms with van der Waals surface area (Å²) in [5, 5.41) is 11.3. The molecule has 2 atom stereocenters. The van der Waals surface area contributed by atoms with E-state index in [1.807, 2.05) is 0 Å². The lowest BCUT2D eigenvalue weighted by molar-refractivity contribution is -0.146. The second kappa shape index (κ2) is 6.78. The van der Waals surface area contributed by atoms with Gasteiger partial charge in [-0.2, -0.15) is 0 Å².